The zero-order chi connectivity index (χ0) is 18.1. The van der Waals surface area contributed by atoms with Crippen LogP contribution in [0.5, 0.6) is 5.75 Å². The van der Waals surface area contributed by atoms with Crippen molar-refractivity contribution in [1.29, 1.82) is 0 Å². The van der Waals surface area contributed by atoms with Gasteiger partial charge in [-0.05, 0) is 30.7 Å². The fourth-order valence-corrected chi connectivity index (χ4v) is 1.75. The van der Waals surface area contributed by atoms with Crippen LogP contribution in [0.15, 0.2) is 18.2 Å². The van der Waals surface area contributed by atoms with Crippen molar-refractivity contribution in [3.8, 4) is 5.75 Å². The first kappa shape index (κ1) is 19.2. The first-order chi connectivity index (χ1) is 11.3. The van der Waals surface area contributed by atoms with E-state index in [-0.39, 0.29) is 24.0 Å². The molecule has 0 aliphatic rings. The number of esters is 1. The number of aryl methyl sites for hydroxylation is 1. The summed E-state index contributed by atoms with van der Waals surface area (Å²) >= 11 is 5.31. The van der Waals surface area contributed by atoms with Crippen molar-refractivity contribution in [2.24, 2.45) is 0 Å². The van der Waals surface area contributed by atoms with Crippen LogP contribution in [0, 0.1) is 27.2 Å². The van der Waals surface area contributed by atoms with Crippen LogP contribution >= 0.6 is 11.6 Å². The molecule has 0 aliphatic carbocycles. The minimum atomic E-state index is -1.30. The van der Waals surface area contributed by atoms with Crippen molar-refractivity contribution in [3.05, 3.63) is 49.6 Å². The highest BCUT2D eigenvalue weighted by Gasteiger charge is 2.17. The van der Waals surface area contributed by atoms with Gasteiger partial charge in [-0.25, -0.2) is 4.79 Å². The van der Waals surface area contributed by atoms with Gasteiger partial charge in [0, 0.05) is 0 Å². The van der Waals surface area contributed by atoms with E-state index in [4.69, 9.17) is 16.3 Å². The Bertz CT molecular complexity index is 610. The third-order valence-corrected chi connectivity index (χ3v) is 2.75. The Kier molecular flexibility index (Phi) is 7.49. The van der Waals surface area contributed by atoms with Crippen molar-refractivity contribution in [1.82, 2.24) is 0 Å². The summed E-state index contributed by atoms with van der Waals surface area (Å²) in [5, 5.41) is 18.3. The summed E-state index contributed by atoms with van der Waals surface area (Å²) in [5.41, 5.74) is 0.800. The highest BCUT2D eigenvalue weighted by atomic mass is 35.5. The molecule has 0 radical (unpaired) electrons. The molecule has 1 aromatic rings. The van der Waals surface area contributed by atoms with Gasteiger partial charge in [-0.1, -0.05) is 11.6 Å². The molecule has 0 bridgehead atoms. The SMILES string of the molecule is Cc1cc(OCC(CO[N+](=O)[O-])O[N+](=O)[O-])ccc1C(=O)OCCl. The normalized spacial score (nSPS) is 11.2. The summed E-state index contributed by atoms with van der Waals surface area (Å²) in [7, 11) is 0. The molecule has 12 heteroatoms. The minimum absolute atomic E-state index is 0.271. The number of alkyl halides is 1. The van der Waals surface area contributed by atoms with E-state index in [0.717, 1.165) is 0 Å². The minimum Gasteiger partial charge on any atom is -0.491 e. The third-order valence-electron chi connectivity index (χ3n) is 2.64. The van der Waals surface area contributed by atoms with Crippen LogP contribution in [0.1, 0.15) is 15.9 Å². The molecule has 132 valence electrons. The van der Waals surface area contributed by atoms with E-state index < -0.39 is 28.9 Å². The Morgan fingerprint density at radius 2 is 1.96 bits per heavy atom. The van der Waals surface area contributed by atoms with E-state index in [1.165, 1.54) is 18.2 Å². The van der Waals surface area contributed by atoms with Gasteiger partial charge in [0.05, 0.1) is 5.56 Å². The lowest BCUT2D eigenvalue weighted by atomic mass is 10.1. The molecular weight excluding hydrogens is 352 g/mol. The van der Waals surface area contributed by atoms with Crippen LogP contribution in [-0.4, -0.2) is 41.5 Å². The Labute approximate surface area is 140 Å². The summed E-state index contributed by atoms with van der Waals surface area (Å²) in [6.45, 7) is 0.575. The number of hydrogen-bond acceptors (Lipinski definition) is 9. The lowest BCUT2D eigenvalue weighted by Gasteiger charge is -2.15. The predicted molar refractivity (Wildman–Crippen MR) is 77.6 cm³/mol. The maximum atomic E-state index is 11.6. The topological polar surface area (TPSA) is 140 Å². The van der Waals surface area contributed by atoms with Crippen LogP contribution in [0.4, 0.5) is 0 Å². The number of ether oxygens (including phenoxy) is 2. The highest BCUT2D eigenvalue weighted by Crippen LogP contribution is 2.18. The number of carbonyl (C=O) groups is 1. The Hall–Kier alpha value is -2.82. The summed E-state index contributed by atoms with van der Waals surface area (Å²) in [6, 6.07) is 4.06. The molecule has 0 fully saturated rings. The lowest BCUT2D eigenvalue weighted by molar-refractivity contribution is -0.790. The monoisotopic (exact) mass is 364 g/mol. The molecule has 11 nitrogen and oxygen atoms in total. The summed E-state index contributed by atoms with van der Waals surface area (Å²) < 4.78 is 9.92. The largest absolute Gasteiger partial charge is 0.491 e. The van der Waals surface area contributed by atoms with E-state index in [2.05, 4.69) is 14.4 Å². The first-order valence-corrected chi connectivity index (χ1v) is 6.92. The first-order valence-electron chi connectivity index (χ1n) is 6.38. The zero-order valence-corrected chi connectivity index (χ0v) is 13.1. The second kappa shape index (κ2) is 9.35. The average molecular weight is 365 g/mol. The quantitative estimate of drug-likeness (QED) is 0.261. The van der Waals surface area contributed by atoms with Crippen LogP contribution < -0.4 is 4.74 Å². The Morgan fingerprint density at radius 1 is 1.25 bits per heavy atom. The molecule has 0 saturated heterocycles. The van der Waals surface area contributed by atoms with E-state index >= 15 is 0 Å². The Balaban J connectivity index is 2.69. The third kappa shape index (κ3) is 6.52. The number of carbonyl (C=O) groups excluding carboxylic acids is 1. The van der Waals surface area contributed by atoms with Crippen LogP contribution in [0.2, 0.25) is 0 Å². The highest BCUT2D eigenvalue weighted by molar-refractivity contribution is 6.17. The second-order valence-corrected chi connectivity index (χ2v) is 4.52. The number of rotatable bonds is 10. The van der Waals surface area contributed by atoms with Crippen LogP contribution in [0.25, 0.3) is 0 Å². The second-order valence-electron chi connectivity index (χ2n) is 4.30. The smallest absolute Gasteiger partial charge is 0.339 e. The molecule has 1 aromatic carbocycles. The standard InChI is InChI=1S/C12H13ClN2O9/c1-8-4-9(2-3-11(8)12(16)22-7-13)21-5-10(24-15(19)20)6-23-14(17)18/h2-4,10H,5-7H2,1H3. The van der Waals surface area contributed by atoms with Gasteiger partial charge < -0.3 is 19.1 Å². The number of benzene rings is 1. The molecule has 0 N–H and O–H groups in total. The summed E-state index contributed by atoms with van der Waals surface area (Å²) in [6.07, 6.45) is -1.30. The molecule has 0 spiro atoms. The lowest BCUT2D eigenvalue weighted by Crippen LogP contribution is -2.30. The molecular formula is C12H13ClN2O9. The summed E-state index contributed by atoms with van der Waals surface area (Å²) in [4.78, 5) is 40.3. The van der Waals surface area contributed by atoms with Crippen molar-refractivity contribution < 1.29 is 34.1 Å². The number of halogens is 1. The van der Waals surface area contributed by atoms with E-state index in [9.17, 15) is 25.0 Å². The van der Waals surface area contributed by atoms with Gasteiger partial charge in [0.2, 0.25) is 0 Å². The van der Waals surface area contributed by atoms with E-state index in [1.54, 1.807) is 6.92 Å². The van der Waals surface area contributed by atoms with Gasteiger partial charge in [0.15, 0.2) is 12.2 Å². The fourth-order valence-electron chi connectivity index (χ4n) is 1.65. The van der Waals surface area contributed by atoms with Crippen molar-refractivity contribution in [2.75, 3.05) is 19.3 Å². The zero-order valence-electron chi connectivity index (χ0n) is 12.4. The molecule has 1 atom stereocenters. The molecule has 1 unspecified atom stereocenters. The fraction of sp³-hybridized carbons (Fsp3) is 0.417. The van der Waals surface area contributed by atoms with Gasteiger partial charge in [-0.15, -0.1) is 20.2 Å². The molecule has 0 aromatic heterocycles. The van der Waals surface area contributed by atoms with Crippen LogP contribution in [0.3, 0.4) is 0 Å². The van der Waals surface area contributed by atoms with Crippen LogP contribution in [-0.2, 0) is 14.4 Å². The Morgan fingerprint density at radius 3 is 2.50 bits per heavy atom. The predicted octanol–water partition coefficient (Wildman–Crippen LogP) is 1.51. The molecule has 0 saturated carbocycles. The van der Waals surface area contributed by atoms with E-state index in [1.807, 2.05) is 0 Å². The molecule has 24 heavy (non-hydrogen) atoms. The molecule has 1 rings (SSSR count). The number of nitrogens with zero attached hydrogens (tertiary/aromatic N) is 2. The number of hydrogen-bond donors (Lipinski definition) is 0. The van der Waals surface area contributed by atoms with Gasteiger partial charge in [0.1, 0.15) is 19.0 Å². The van der Waals surface area contributed by atoms with Crippen molar-refractivity contribution in [3.63, 3.8) is 0 Å². The van der Waals surface area contributed by atoms with Crippen molar-refractivity contribution in [2.45, 2.75) is 13.0 Å². The maximum absolute atomic E-state index is 11.6. The molecule has 0 heterocycles. The summed E-state index contributed by atoms with van der Waals surface area (Å²) in [5.74, 6) is -0.337. The molecule has 0 amide bonds. The van der Waals surface area contributed by atoms with Gasteiger partial charge >= 0.3 is 5.97 Å². The van der Waals surface area contributed by atoms with Crippen molar-refractivity contribution >= 4 is 17.6 Å². The van der Waals surface area contributed by atoms with E-state index in [0.29, 0.717) is 5.56 Å². The van der Waals surface area contributed by atoms with Gasteiger partial charge in [0.25, 0.3) is 10.2 Å². The van der Waals surface area contributed by atoms with Gasteiger partial charge in [-0.3, -0.25) is 0 Å². The maximum Gasteiger partial charge on any atom is 0.339 e. The average Bonchev–Trinajstić information content (AvgIpc) is 2.49. The van der Waals surface area contributed by atoms with Gasteiger partial charge in [-0.2, -0.15) is 0 Å². The molecule has 0 aliphatic heterocycles.